The van der Waals surface area contributed by atoms with E-state index in [1.807, 2.05) is 41.1 Å². The summed E-state index contributed by atoms with van der Waals surface area (Å²) in [7, 11) is 0. The number of amides is 1. The van der Waals surface area contributed by atoms with E-state index in [1.165, 1.54) is 11.1 Å². The molecule has 2 N–H and O–H groups in total. The number of aryl methyl sites for hydroxylation is 1. The molecule has 4 rings (SSSR count). The van der Waals surface area contributed by atoms with Gasteiger partial charge in [-0.1, -0.05) is 30.3 Å². The van der Waals surface area contributed by atoms with Crippen molar-refractivity contribution in [1.29, 1.82) is 0 Å². The van der Waals surface area contributed by atoms with E-state index in [9.17, 15) is 9.90 Å². The smallest absolute Gasteiger partial charge is 0.244 e. The molecular formula is C23H23N3O2. The van der Waals surface area contributed by atoms with Gasteiger partial charge in [-0.25, -0.2) is 4.98 Å². The molecule has 1 aliphatic rings. The number of carbonyl (C=O) groups excluding carboxylic acids is 1. The molecule has 0 radical (unpaired) electrons. The van der Waals surface area contributed by atoms with Crippen molar-refractivity contribution in [2.24, 2.45) is 0 Å². The molecule has 0 bridgehead atoms. The zero-order chi connectivity index (χ0) is 19.5. The van der Waals surface area contributed by atoms with Crippen LogP contribution in [0.4, 0.5) is 0 Å². The maximum atomic E-state index is 12.4. The number of hydrogen-bond acceptors (Lipinski definition) is 3. The molecule has 5 nitrogen and oxygen atoms in total. The van der Waals surface area contributed by atoms with Gasteiger partial charge in [0.15, 0.2) is 0 Å². The lowest BCUT2D eigenvalue weighted by molar-refractivity contribution is -0.117. The first-order valence-electron chi connectivity index (χ1n) is 9.48. The van der Waals surface area contributed by atoms with Crippen molar-refractivity contribution in [3.8, 4) is 5.69 Å². The van der Waals surface area contributed by atoms with Crippen LogP contribution in [-0.2, 0) is 11.2 Å². The number of hydrogen-bond donors (Lipinski definition) is 2. The highest BCUT2D eigenvalue weighted by molar-refractivity contribution is 5.92. The molecule has 142 valence electrons. The normalized spacial score (nSPS) is 16.9. The monoisotopic (exact) mass is 373 g/mol. The van der Waals surface area contributed by atoms with Gasteiger partial charge in [0, 0.05) is 24.0 Å². The van der Waals surface area contributed by atoms with E-state index >= 15 is 0 Å². The minimum absolute atomic E-state index is 0.0741. The van der Waals surface area contributed by atoms with Crippen LogP contribution in [0.3, 0.4) is 0 Å². The van der Waals surface area contributed by atoms with Crippen LogP contribution >= 0.6 is 0 Å². The fourth-order valence-corrected chi connectivity index (χ4v) is 3.75. The first-order chi connectivity index (χ1) is 13.6. The molecular weight excluding hydrogens is 350 g/mol. The Morgan fingerprint density at radius 2 is 2.18 bits per heavy atom. The van der Waals surface area contributed by atoms with Crippen LogP contribution in [0.15, 0.2) is 67.3 Å². The van der Waals surface area contributed by atoms with E-state index < -0.39 is 6.10 Å². The summed E-state index contributed by atoms with van der Waals surface area (Å²) >= 11 is 0. The van der Waals surface area contributed by atoms with Crippen molar-refractivity contribution >= 4 is 12.0 Å². The SMILES string of the molecule is CC(O)c1cc(/C=C/C(=O)NC2CCc3ccccc32)ccc1-n1ccnc1. The topological polar surface area (TPSA) is 67.2 Å². The van der Waals surface area contributed by atoms with Gasteiger partial charge >= 0.3 is 0 Å². The Kier molecular flexibility index (Phi) is 5.08. The van der Waals surface area contributed by atoms with Crippen LogP contribution in [0.2, 0.25) is 0 Å². The van der Waals surface area contributed by atoms with Gasteiger partial charge in [-0.3, -0.25) is 4.79 Å². The molecule has 0 saturated carbocycles. The molecule has 28 heavy (non-hydrogen) atoms. The average Bonchev–Trinajstić information content (AvgIpc) is 3.37. The molecule has 5 heteroatoms. The first kappa shape index (κ1) is 18.2. The number of fused-ring (bicyclic) bond motifs is 1. The van der Waals surface area contributed by atoms with E-state index in [4.69, 9.17) is 0 Å². The highest BCUT2D eigenvalue weighted by Crippen LogP contribution is 2.30. The molecule has 0 fully saturated rings. The minimum Gasteiger partial charge on any atom is -0.389 e. The van der Waals surface area contributed by atoms with Crippen LogP contribution in [-0.4, -0.2) is 20.6 Å². The van der Waals surface area contributed by atoms with Crippen LogP contribution in [0.1, 0.15) is 47.7 Å². The van der Waals surface area contributed by atoms with Crippen molar-refractivity contribution in [3.05, 3.63) is 89.5 Å². The number of imidazole rings is 1. The highest BCUT2D eigenvalue weighted by atomic mass is 16.3. The molecule has 2 aromatic carbocycles. The summed E-state index contributed by atoms with van der Waals surface area (Å²) in [6, 6.07) is 14.1. The van der Waals surface area contributed by atoms with E-state index in [0.29, 0.717) is 0 Å². The molecule has 0 aliphatic heterocycles. The number of aliphatic hydroxyl groups is 1. The number of aromatic nitrogens is 2. The number of carbonyl (C=O) groups is 1. The lowest BCUT2D eigenvalue weighted by Gasteiger charge is -2.14. The average molecular weight is 373 g/mol. The summed E-state index contributed by atoms with van der Waals surface area (Å²) in [6.07, 6.45) is 9.87. The molecule has 1 aliphatic carbocycles. The van der Waals surface area contributed by atoms with Gasteiger partial charge in [-0.05, 0) is 54.7 Å². The van der Waals surface area contributed by atoms with Crippen LogP contribution in [0.5, 0.6) is 0 Å². The quantitative estimate of drug-likeness (QED) is 0.670. The molecule has 1 aromatic heterocycles. The summed E-state index contributed by atoms with van der Waals surface area (Å²) < 4.78 is 1.86. The van der Waals surface area contributed by atoms with Crippen LogP contribution in [0, 0.1) is 0 Å². The number of nitrogens with zero attached hydrogens (tertiary/aromatic N) is 2. The maximum Gasteiger partial charge on any atom is 0.244 e. The lowest BCUT2D eigenvalue weighted by Crippen LogP contribution is -2.25. The standard InChI is InChI=1S/C23H23N3O2/c1-16(27)20-14-17(6-10-22(20)26-13-12-24-15-26)7-11-23(28)25-21-9-8-18-4-2-3-5-19(18)21/h2-7,10-16,21,27H,8-9H2,1H3,(H,25,28)/b11-7+. The molecule has 2 atom stereocenters. The van der Waals surface area contributed by atoms with Gasteiger partial charge in [0.2, 0.25) is 5.91 Å². The second-order valence-corrected chi connectivity index (χ2v) is 7.10. The summed E-state index contributed by atoms with van der Waals surface area (Å²) in [4.78, 5) is 16.5. The Hall–Kier alpha value is -3.18. The van der Waals surface area contributed by atoms with Crippen LogP contribution < -0.4 is 5.32 Å². The zero-order valence-electron chi connectivity index (χ0n) is 15.7. The third-order valence-electron chi connectivity index (χ3n) is 5.16. The number of benzene rings is 2. The Labute approximate surface area is 164 Å². The lowest BCUT2D eigenvalue weighted by atomic mass is 10.0. The number of nitrogens with one attached hydrogen (secondary N) is 1. The van der Waals surface area contributed by atoms with E-state index in [0.717, 1.165) is 29.7 Å². The van der Waals surface area contributed by atoms with E-state index in [-0.39, 0.29) is 11.9 Å². The Bertz CT molecular complexity index is 1010. The number of aliphatic hydroxyl groups excluding tert-OH is 1. The highest BCUT2D eigenvalue weighted by Gasteiger charge is 2.22. The predicted molar refractivity (Wildman–Crippen MR) is 109 cm³/mol. The minimum atomic E-state index is -0.630. The number of rotatable bonds is 5. The van der Waals surface area contributed by atoms with Crippen molar-refractivity contribution in [3.63, 3.8) is 0 Å². The second kappa shape index (κ2) is 7.82. The second-order valence-electron chi connectivity index (χ2n) is 7.10. The van der Waals surface area contributed by atoms with Crippen molar-refractivity contribution in [1.82, 2.24) is 14.9 Å². The molecule has 1 amide bonds. The summed E-state index contributed by atoms with van der Waals surface area (Å²) in [5.41, 5.74) is 5.04. The fraction of sp³-hybridized carbons (Fsp3) is 0.217. The van der Waals surface area contributed by atoms with Gasteiger partial charge in [0.05, 0.1) is 24.2 Å². The molecule has 1 heterocycles. The largest absolute Gasteiger partial charge is 0.389 e. The van der Waals surface area contributed by atoms with Gasteiger partial charge in [0.25, 0.3) is 0 Å². The van der Waals surface area contributed by atoms with Crippen LogP contribution in [0.25, 0.3) is 11.8 Å². The van der Waals surface area contributed by atoms with Gasteiger partial charge < -0.3 is 15.0 Å². The first-order valence-corrected chi connectivity index (χ1v) is 9.48. The summed E-state index contributed by atoms with van der Waals surface area (Å²) in [5, 5.41) is 13.2. The predicted octanol–water partition coefficient (Wildman–Crippen LogP) is 3.74. The van der Waals surface area contributed by atoms with Gasteiger partial charge in [-0.15, -0.1) is 0 Å². The molecule has 0 spiro atoms. The van der Waals surface area contributed by atoms with Crippen molar-refractivity contribution < 1.29 is 9.90 Å². The maximum absolute atomic E-state index is 12.4. The van der Waals surface area contributed by atoms with Crippen molar-refractivity contribution in [2.45, 2.75) is 31.9 Å². The Morgan fingerprint density at radius 1 is 1.32 bits per heavy atom. The third-order valence-corrected chi connectivity index (χ3v) is 5.16. The molecule has 0 saturated heterocycles. The third kappa shape index (κ3) is 3.75. The van der Waals surface area contributed by atoms with Gasteiger partial charge in [0.1, 0.15) is 0 Å². The van der Waals surface area contributed by atoms with E-state index in [1.54, 1.807) is 31.6 Å². The Balaban J connectivity index is 1.49. The van der Waals surface area contributed by atoms with E-state index in [2.05, 4.69) is 22.4 Å². The molecule has 3 aromatic rings. The molecule has 2 unspecified atom stereocenters. The van der Waals surface area contributed by atoms with Crippen molar-refractivity contribution in [2.75, 3.05) is 0 Å². The summed E-state index contributed by atoms with van der Waals surface area (Å²) in [5.74, 6) is -0.112. The summed E-state index contributed by atoms with van der Waals surface area (Å²) in [6.45, 7) is 1.73. The fourth-order valence-electron chi connectivity index (χ4n) is 3.75. The zero-order valence-corrected chi connectivity index (χ0v) is 15.7. The Morgan fingerprint density at radius 3 is 2.96 bits per heavy atom. The van der Waals surface area contributed by atoms with Gasteiger partial charge in [-0.2, -0.15) is 0 Å².